The summed E-state index contributed by atoms with van der Waals surface area (Å²) in [5.41, 5.74) is 0.662. The molecule has 1 saturated heterocycles. The highest BCUT2D eigenvalue weighted by molar-refractivity contribution is 5.75. The zero-order chi connectivity index (χ0) is 10.2. The number of rotatable bonds is 1. The molecule has 74 valence electrons. The van der Waals surface area contributed by atoms with Gasteiger partial charge in [-0.15, -0.1) is 0 Å². The van der Waals surface area contributed by atoms with Crippen LogP contribution in [0.2, 0.25) is 0 Å². The molecule has 0 spiro atoms. The highest BCUT2D eigenvalue weighted by atomic mass is 16.6. The average Bonchev–Trinajstić information content (AvgIpc) is 2.44. The molecule has 0 amide bonds. The summed E-state index contributed by atoms with van der Waals surface area (Å²) in [6.07, 6.45) is 0.774. The summed E-state index contributed by atoms with van der Waals surface area (Å²) in [5, 5.41) is 0. The number of ether oxygens (including phenoxy) is 1. The molecule has 1 aliphatic rings. The van der Waals surface area contributed by atoms with Crippen LogP contribution in [0.3, 0.4) is 0 Å². The van der Waals surface area contributed by atoms with Crippen molar-refractivity contribution in [2.45, 2.75) is 25.9 Å². The number of esters is 1. The van der Waals surface area contributed by atoms with E-state index in [1.165, 1.54) is 0 Å². The Balaban J connectivity index is 2.31. The van der Waals surface area contributed by atoms with E-state index in [4.69, 9.17) is 4.74 Å². The molecule has 1 aliphatic heterocycles. The fraction of sp³-hybridized carbons (Fsp3) is 0.417. The van der Waals surface area contributed by atoms with Gasteiger partial charge in [-0.2, -0.15) is 0 Å². The van der Waals surface area contributed by atoms with Crippen LogP contribution in [0.25, 0.3) is 0 Å². The maximum atomic E-state index is 11.3. The first-order valence-electron chi connectivity index (χ1n) is 4.90. The predicted molar refractivity (Wildman–Crippen MR) is 53.7 cm³/mol. The smallest absolute Gasteiger partial charge is 0.309 e. The van der Waals surface area contributed by atoms with Crippen LogP contribution in [-0.2, 0) is 15.1 Å². The van der Waals surface area contributed by atoms with Crippen molar-refractivity contribution >= 4 is 5.97 Å². The summed E-state index contributed by atoms with van der Waals surface area (Å²) >= 11 is 0. The van der Waals surface area contributed by atoms with Crippen molar-refractivity contribution in [2.75, 3.05) is 0 Å². The molecule has 2 atom stereocenters. The van der Waals surface area contributed by atoms with Crippen LogP contribution < -0.4 is 0 Å². The van der Waals surface area contributed by atoms with Crippen molar-refractivity contribution in [3.8, 4) is 0 Å². The number of benzene rings is 1. The van der Waals surface area contributed by atoms with Crippen molar-refractivity contribution in [2.24, 2.45) is 5.92 Å². The Labute approximate surface area is 83.9 Å². The second-order valence-electron chi connectivity index (χ2n) is 4.12. The molecule has 0 saturated carbocycles. The third-order valence-electron chi connectivity index (χ3n) is 2.81. The van der Waals surface area contributed by atoms with E-state index < -0.39 is 5.60 Å². The SMILES string of the molecule is CC1CC(C)(c2ccccc2)OC1=O. The van der Waals surface area contributed by atoms with Gasteiger partial charge in [-0.3, -0.25) is 4.79 Å². The molecule has 1 heterocycles. The number of carbonyl (C=O) groups is 1. The van der Waals surface area contributed by atoms with Gasteiger partial charge >= 0.3 is 5.97 Å². The topological polar surface area (TPSA) is 26.3 Å². The zero-order valence-electron chi connectivity index (χ0n) is 8.49. The summed E-state index contributed by atoms with van der Waals surface area (Å²) in [6, 6.07) is 9.92. The van der Waals surface area contributed by atoms with E-state index in [0.717, 1.165) is 12.0 Å². The number of hydrogen-bond acceptors (Lipinski definition) is 2. The molecule has 1 aromatic carbocycles. The van der Waals surface area contributed by atoms with Crippen LogP contribution in [0.15, 0.2) is 30.3 Å². The van der Waals surface area contributed by atoms with Crippen molar-refractivity contribution in [3.05, 3.63) is 35.9 Å². The molecule has 0 bridgehead atoms. The van der Waals surface area contributed by atoms with E-state index in [0.29, 0.717) is 0 Å². The highest BCUT2D eigenvalue weighted by Gasteiger charge is 2.42. The van der Waals surface area contributed by atoms with Crippen LogP contribution in [0.1, 0.15) is 25.8 Å². The van der Waals surface area contributed by atoms with Crippen LogP contribution in [0.4, 0.5) is 0 Å². The van der Waals surface area contributed by atoms with E-state index >= 15 is 0 Å². The summed E-state index contributed by atoms with van der Waals surface area (Å²) in [7, 11) is 0. The van der Waals surface area contributed by atoms with Crippen molar-refractivity contribution in [1.29, 1.82) is 0 Å². The largest absolute Gasteiger partial charge is 0.454 e. The van der Waals surface area contributed by atoms with E-state index in [-0.39, 0.29) is 11.9 Å². The van der Waals surface area contributed by atoms with E-state index in [1.807, 2.05) is 44.2 Å². The van der Waals surface area contributed by atoms with E-state index in [9.17, 15) is 4.79 Å². The van der Waals surface area contributed by atoms with Gasteiger partial charge in [0.05, 0.1) is 5.92 Å². The molecule has 2 rings (SSSR count). The van der Waals surface area contributed by atoms with Crippen molar-refractivity contribution in [3.63, 3.8) is 0 Å². The van der Waals surface area contributed by atoms with Gasteiger partial charge in [-0.05, 0) is 12.5 Å². The first-order valence-corrected chi connectivity index (χ1v) is 4.90. The Bertz CT molecular complexity index is 345. The van der Waals surface area contributed by atoms with Gasteiger partial charge in [0.15, 0.2) is 0 Å². The quantitative estimate of drug-likeness (QED) is 0.636. The molecular formula is C12H14O2. The fourth-order valence-electron chi connectivity index (χ4n) is 2.00. The lowest BCUT2D eigenvalue weighted by molar-refractivity contribution is -0.149. The minimum Gasteiger partial charge on any atom is -0.454 e. The van der Waals surface area contributed by atoms with Gasteiger partial charge in [0.1, 0.15) is 5.60 Å². The monoisotopic (exact) mass is 190 g/mol. The zero-order valence-corrected chi connectivity index (χ0v) is 8.49. The molecule has 2 unspecified atom stereocenters. The Kier molecular flexibility index (Phi) is 2.06. The molecule has 0 aliphatic carbocycles. The van der Waals surface area contributed by atoms with Gasteiger partial charge in [0.2, 0.25) is 0 Å². The third-order valence-corrected chi connectivity index (χ3v) is 2.81. The molecule has 1 fully saturated rings. The average molecular weight is 190 g/mol. The Morgan fingerprint density at radius 2 is 2.00 bits per heavy atom. The van der Waals surface area contributed by atoms with Gasteiger partial charge in [-0.25, -0.2) is 0 Å². The second-order valence-corrected chi connectivity index (χ2v) is 4.12. The highest BCUT2D eigenvalue weighted by Crippen LogP contribution is 2.38. The number of carbonyl (C=O) groups excluding carboxylic acids is 1. The van der Waals surface area contributed by atoms with Crippen LogP contribution in [-0.4, -0.2) is 5.97 Å². The van der Waals surface area contributed by atoms with Gasteiger partial charge in [0.25, 0.3) is 0 Å². The molecule has 2 heteroatoms. The molecule has 1 aromatic rings. The Morgan fingerprint density at radius 1 is 1.36 bits per heavy atom. The molecule has 0 aromatic heterocycles. The lowest BCUT2D eigenvalue weighted by Gasteiger charge is -2.22. The predicted octanol–water partition coefficient (Wildman–Crippen LogP) is 2.48. The summed E-state index contributed by atoms with van der Waals surface area (Å²) in [4.78, 5) is 11.3. The van der Waals surface area contributed by atoms with Crippen LogP contribution in [0, 0.1) is 5.92 Å². The standard InChI is InChI=1S/C12H14O2/c1-9-8-12(2,14-11(9)13)10-6-4-3-5-7-10/h3-7,9H,8H2,1-2H3. The van der Waals surface area contributed by atoms with E-state index in [2.05, 4.69) is 0 Å². The first-order chi connectivity index (χ1) is 6.62. The summed E-state index contributed by atoms with van der Waals surface area (Å²) < 4.78 is 5.41. The minimum atomic E-state index is -0.419. The maximum Gasteiger partial charge on any atom is 0.309 e. The lowest BCUT2D eigenvalue weighted by atomic mass is 9.90. The van der Waals surface area contributed by atoms with Crippen molar-refractivity contribution < 1.29 is 9.53 Å². The van der Waals surface area contributed by atoms with Gasteiger partial charge in [-0.1, -0.05) is 37.3 Å². The Hall–Kier alpha value is -1.31. The van der Waals surface area contributed by atoms with Crippen molar-refractivity contribution in [1.82, 2.24) is 0 Å². The summed E-state index contributed by atoms with van der Waals surface area (Å²) in [5.74, 6) is -0.0726. The van der Waals surface area contributed by atoms with E-state index in [1.54, 1.807) is 0 Å². The van der Waals surface area contributed by atoms with Gasteiger partial charge in [0, 0.05) is 6.42 Å². The molecule has 14 heavy (non-hydrogen) atoms. The third kappa shape index (κ3) is 1.41. The molecule has 0 N–H and O–H groups in total. The number of hydrogen-bond donors (Lipinski definition) is 0. The summed E-state index contributed by atoms with van der Waals surface area (Å²) in [6.45, 7) is 3.89. The normalized spacial score (nSPS) is 31.6. The minimum absolute atomic E-state index is 0.0141. The number of cyclic esters (lactones) is 1. The van der Waals surface area contributed by atoms with Crippen LogP contribution in [0.5, 0.6) is 0 Å². The Morgan fingerprint density at radius 3 is 2.50 bits per heavy atom. The van der Waals surface area contributed by atoms with Gasteiger partial charge < -0.3 is 4.74 Å². The second kappa shape index (κ2) is 3.12. The maximum absolute atomic E-state index is 11.3. The molecule has 2 nitrogen and oxygen atoms in total. The fourth-order valence-corrected chi connectivity index (χ4v) is 2.00. The first kappa shape index (κ1) is 9.25. The molecule has 0 radical (unpaired) electrons. The molecular weight excluding hydrogens is 176 g/mol. The van der Waals surface area contributed by atoms with Crippen LogP contribution >= 0.6 is 0 Å². The lowest BCUT2D eigenvalue weighted by Crippen LogP contribution is -2.20.